The molecular formula is C23H24F3N5O2. The molecule has 0 radical (unpaired) electrons. The minimum absolute atomic E-state index is 0.0487. The van der Waals surface area contributed by atoms with Gasteiger partial charge in [0.05, 0.1) is 36.1 Å². The Morgan fingerprint density at radius 1 is 1.12 bits per heavy atom. The van der Waals surface area contributed by atoms with Crippen molar-refractivity contribution in [1.82, 2.24) is 14.8 Å². The number of aliphatic carboxylic acids is 1. The highest BCUT2D eigenvalue weighted by Gasteiger charge is 2.32. The highest BCUT2D eigenvalue weighted by Crippen LogP contribution is 2.40. The van der Waals surface area contributed by atoms with Gasteiger partial charge >= 0.3 is 12.1 Å². The number of carboxylic acid groups (broad SMARTS) is 1. The van der Waals surface area contributed by atoms with Gasteiger partial charge in [-0.1, -0.05) is 18.6 Å². The molecule has 0 spiro atoms. The highest BCUT2D eigenvalue weighted by molar-refractivity contribution is 5.67. The van der Waals surface area contributed by atoms with E-state index in [4.69, 9.17) is 5.11 Å². The van der Waals surface area contributed by atoms with Gasteiger partial charge in [0.15, 0.2) is 5.82 Å². The molecule has 0 bridgehead atoms. The van der Waals surface area contributed by atoms with Gasteiger partial charge in [-0.25, -0.2) is 9.67 Å². The first-order chi connectivity index (χ1) is 15.8. The zero-order chi connectivity index (χ0) is 23.4. The predicted octanol–water partition coefficient (Wildman–Crippen LogP) is 5.13. The Kier molecular flexibility index (Phi) is 6.52. The van der Waals surface area contributed by atoms with E-state index in [-0.39, 0.29) is 12.5 Å². The number of hydrogen-bond donors (Lipinski definition) is 3. The van der Waals surface area contributed by atoms with Crippen LogP contribution >= 0.6 is 0 Å². The van der Waals surface area contributed by atoms with Crippen molar-refractivity contribution in [2.45, 2.75) is 37.9 Å². The van der Waals surface area contributed by atoms with Crippen LogP contribution < -0.4 is 10.6 Å². The number of aromatic nitrogens is 3. The summed E-state index contributed by atoms with van der Waals surface area (Å²) in [5.74, 6) is -0.0784. The molecule has 0 saturated heterocycles. The summed E-state index contributed by atoms with van der Waals surface area (Å²) in [6, 6.07) is 11.4. The first kappa shape index (κ1) is 22.6. The van der Waals surface area contributed by atoms with E-state index in [0.29, 0.717) is 18.3 Å². The van der Waals surface area contributed by atoms with Crippen LogP contribution in [0.1, 0.15) is 42.9 Å². The van der Waals surface area contributed by atoms with E-state index < -0.39 is 17.7 Å². The van der Waals surface area contributed by atoms with Gasteiger partial charge in [0.25, 0.3) is 0 Å². The molecular weight excluding hydrogens is 435 g/mol. The van der Waals surface area contributed by atoms with Gasteiger partial charge < -0.3 is 15.7 Å². The summed E-state index contributed by atoms with van der Waals surface area (Å²) >= 11 is 0. The minimum Gasteiger partial charge on any atom is -0.481 e. The normalized spacial score (nSPS) is 15.0. The number of nitrogens with one attached hydrogen (secondary N) is 2. The lowest BCUT2D eigenvalue weighted by atomic mass is 9.77. The summed E-state index contributed by atoms with van der Waals surface area (Å²) in [5, 5.41) is 19.1. The summed E-state index contributed by atoms with van der Waals surface area (Å²) < 4.78 is 39.5. The van der Waals surface area contributed by atoms with Crippen molar-refractivity contribution in [1.29, 1.82) is 0 Å². The summed E-state index contributed by atoms with van der Waals surface area (Å²) in [5.41, 5.74) is 1.91. The van der Waals surface area contributed by atoms with Crippen LogP contribution in [0, 0.1) is 5.92 Å². The molecule has 3 aromatic rings. The van der Waals surface area contributed by atoms with Crippen molar-refractivity contribution in [2.24, 2.45) is 5.92 Å². The van der Waals surface area contributed by atoms with Crippen LogP contribution in [0.3, 0.4) is 0 Å². The first-order valence-corrected chi connectivity index (χ1v) is 10.7. The standard InChI is InChI=1S/C23H24F3N5O2/c24-23(25,26)17-12-29-31(14-17)20-9-8-19(13-28-20)30-22(15-2-1-3-15)16-4-6-18(7-5-16)27-11-10-21(32)33/h4-9,12-15,22,27,30H,1-3,10-11H2,(H,32,33). The molecule has 0 amide bonds. The van der Waals surface area contributed by atoms with Gasteiger partial charge in [0.1, 0.15) is 0 Å². The molecule has 2 heterocycles. The Labute approximate surface area is 188 Å². The third kappa shape index (κ3) is 5.63. The molecule has 1 aliphatic rings. The lowest BCUT2D eigenvalue weighted by Crippen LogP contribution is -2.26. The number of pyridine rings is 1. The topological polar surface area (TPSA) is 92.1 Å². The molecule has 10 heteroatoms. The van der Waals surface area contributed by atoms with Gasteiger partial charge in [-0.2, -0.15) is 18.3 Å². The molecule has 1 aromatic carbocycles. The lowest BCUT2D eigenvalue weighted by Gasteiger charge is -2.35. The van der Waals surface area contributed by atoms with E-state index in [9.17, 15) is 18.0 Å². The number of benzene rings is 1. The van der Waals surface area contributed by atoms with Crippen molar-refractivity contribution >= 4 is 17.3 Å². The smallest absolute Gasteiger partial charge is 0.419 e. The molecule has 1 fully saturated rings. The maximum absolute atomic E-state index is 12.8. The van der Waals surface area contributed by atoms with Gasteiger partial charge in [-0.3, -0.25) is 4.79 Å². The summed E-state index contributed by atoms with van der Waals surface area (Å²) in [6.45, 7) is 0.359. The van der Waals surface area contributed by atoms with E-state index in [1.54, 1.807) is 18.3 Å². The molecule has 1 unspecified atom stereocenters. The SMILES string of the molecule is O=C(O)CCNc1ccc(C(Nc2ccc(-n3cc(C(F)(F)F)cn3)nc2)C2CCC2)cc1. The molecule has 4 rings (SSSR count). The molecule has 1 atom stereocenters. The van der Waals surface area contributed by atoms with Crippen molar-refractivity contribution in [3.8, 4) is 5.82 Å². The molecule has 3 N–H and O–H groups in total. The summed E-state index contributed by atoms with van der Waals surface area (Å²) in [6.07, 6.45) is 2.28. The van der Waals surface area contributed by atoms with E-state index in [0.717, 1.165) is 46.9 Å². The fourth-order valence-corrected chi connectivity index (χ4v) is 3.75. The zero-order valence-corrected chi connectivity index (χ0v) is 17.7. The summed E-state index contributed by atoms with van der Waals surface area (Å²) in [4.78, 5) is 14.9. The van der Waals surface area contributed by atoms with E-state index in [1.807, 2.05) is 24.3 Å². The van der Waals surface area contributed by atoms with Crippen molar-refractivity contribution in [3.05, 3.63) is 66.1 Å². The lowest BCUT2D eigenvalue weighted by molar-refractivity contribution is -0.138. The largest absolute Gasteiger partial charge is 0.481 e. The quantitative estimate of drug-likeness (QED) is 0.411. The third-order valence-corrected chi connectivity index (χ3v) is 5.77. The number of anilines is 2. The second-order valence-corrected chi connectivity index (χ2v) is 8.08. The second-order valence-electron chi connectivity index (χ2n) is 8.08. The van der Waals surface area contributed by atoms with Gasteiger partial charge in [-0.05, 0) is 48.6 Å². The molecule has 2 aromatic heterocycles. The fourth-order valence-electron chi connectivity index (χ4n) is 3.75. The van der Waals surface area contributed by atoms with Gasteiger partial charge in [0, 0.05) is 18.4 Å². The van der Waals surface area contributed by atoms with E-state index in [1.165, 1.54) is 6.42 Å². The van der Waals surface area contributed by atoms with Crippen LogP contribution in [0.15, 0.2) is 55.0 Å². The molecule has 1 saturated carbocycles. The Morgan fingerprint density at radius 2 is 1.85 bits per heavy atom. The number of carbonyl (C=O) groups is 1. The molecule has 174 valence electrons. The van der Waals surface area contributed by atoms with Crippen LogP contribution in [0.4, 0.5) is 24.5 Å². The van der Waals surface area contributed by atoms with Crippen LogP contribution in [-0.4, -0.2) is 32.4 Å². The molecule has 33 heavy (non-hydrogen) atoms. The van der Waals surface area contributed by atoms with Crippen LogP contribution in [0.25, 0.3) is 5.82 Å². The summed E-state index contributed by atoms with van der Waals surface area (Å²) in [7, 11) is 0. The molecule has 7 nitrogen and oxygen atoms in total. The fraction of sp³-hybridized carbons (Fsp3) is 0.348. The number of nitrogens with zero attached hydrogens (tertiary/aromatic N) is 3. The Hall–Kier alpha value is -3.56. The predicted molar refractivity (Wildman–Crippen MR) is 117 cm³/mol. The maximum Gasteiger partial charge on any atom is 0.419 e. The van der Waals surface area contributed by atoms with Crippen molar-refractivity contribution in [3.63, 3.8) is 0 Å². The average molecular weight is 459 g/mol. The molecule has 0 aliphatic heterocycles. The Bertz CT molecular complexity index is 1080. The zero-order valence-electron chi connectivity index (χ0n) is 17.7. The number of hydrogen-bond acceptors (Lipinski definition) is 5. The number of carboxylic acids is 1. The first-order valence-electron chi connectivity index (χ1n) is 10.7. The number of halogens is 3. The van der Waals surface area contributed by atoms with Crippen LogP contribution in [-0.2, 0) is 11.0 Å². The number of alkyl halides is 3. The highest BCUT2D eigenvalue weighted by atomic mass is 19.4. The van der Waals surface area contributed by atoms with Crippen LogP contribution in [0.2, 0.25) is 0 Å². The maximum atomic E-state index is 12.8. The third-order valence-electron chi connectivity index (χ3n) is 5.77. The van der Waals surface area contributed by atoms with Crippen molar-refractivity contribution in [2.75, 3.05) is 17.2 Å². The van der Waals surface area contributed by atoms with Crippen molar-refractivity contribution < 1.29 is 23.1 Å². The monoisotopic (exact) mass is 459 g/mol. The van der Waals surface area contributed by atoms with Gasteiger partial charge in [-0.15, -0.1) is 0 Å². The Morgan fingerprint density at radius 3 is 2.39 bits per heavy atom. The molecule has 1 aliphatic carbocycles. The Balaban J connectivity index is 1.44. The number of rotatable bonds is 9. The van der Waals surface area contributed by atoms with Crippen LogP contribution in [0.5, 0.6) is 0 Å². The van der Waals surface area contributed by atoms with E-state index in [2.05, 4.69) is 20.7 Å². The van der Waals surface area contributed by atoms with E-state index >= 15 is 0 Å². The minimum atomic E-state index is -4.45. The second kappa shape index (κ2) is 9.51. The van der Waals surface area contributed by atoms with Gasteiger partial charge in [0.2, 0.25) is 0 Å². The average Bonchev–Trinajstić information content (AvgIpc) is 3.24.